The minimum atomic E-state index is 0.167. The van der Waals surface area contributed by atoms with E-state index >= 15 is 0 Å². The molecule has 128 valence electrons. The number of hydrogen-bond acceptors (Lipinski definition) is 3. The maximum atomic E-state index is 13.1. The molecule has 3 aliphatic rings. The van der Waals surface area contributed by atoms with Crippen molar-refractivity contribution >= 4 is 5.91 Å². The molecule has 24 heavy (non-hydrogen) atoms. The van der Waals surface area contributed by atoms with Gasteiger partial charge in [0.15, 0.2) is 11.5 Å². The molecular weight excluding hydrogens is 302 g/mol. The highest BCUT2D eigenvalue weighted by Gasteiger charge is 2.43. The first-order valence-electron chi connectivity index (χ1n) is 8.92. The van der Waals surface area contributed by atoms with Crippen LogP contribution in [-0.2, 0) is 4.79 Å². The van der Waals surface area contributed by atoms with Crippen molar-refractivity contribution in [3.8, 4) is 11.5 Å². The Hall–Kier alpha value is -1.97. The van der Waals surface area contributed by atoms with Gasteiger partial charge in [-0.05, 0) is 55.2 Å². The minimum Gasteiger partial charge on any atom is -0.493 e. The summed E-state index contributed by atoms with van der Waals surface area (Å²) in [6, 6.07) is 6.20. The highest BCUT2D eigenvalue weighted by molar-refractivity contribution is 5.81. The lowest BCUT2D eigenvalue weighted by atomic mass is 9.91. The summed E-state index contributed by atoms with van der Waals surface area (Å²) < 4.78 is 10.8. The van der Waals surface area contributed by atoms with Crippen LogP contribution in [0.5, 0.6) is 11.5 Å². The second-order valence-corrected chi connectivity index (χ2v) is 7.19. The number of ether oxygens (including phenoxy) is 2. The van der Waals surface area contributed by atoms with Gasteiger partial charge in [0.2, 0.25) is 5.91 Å². The SMILES string of the molecule is COc1ccc(C2CCCN2C(=O)[C@@H]2C[C@@H]3C=C[C@H]2C3)cc1OC. The number of benzene rings is 1. The van der Waals surface area contributed by atoms with Crippen molar-refractivity contribution in [3.05, 3.63) is 35.9 Å². The fraction of sp³-hybridized carbons (Fsp3) is 0.550. The molecule has 0 radical (unpaired) electrons. The van der Waals surface area contributed by atoms with Crippen molar-refractivity contribution in [2.45, 2.75) is 31.7 Å². The average Bonchev–Trinajstić information content (AvgIpc) is 3.36. The van der Waals surface area contributed by atoms with E-state index in [0.29, 0.717) is 17.7 Å². The molecule has 4 atom stereocenters. The van der Waals surface area contributed by atoms with Gasteiger partial charge in [-0.1, -0.05) is 18.2 Å². The Kier molecular flexibility index (Phi) is 3.99. The van der Waals surface area contributed by atoms with E-state index in [-0.39, 0.29) is 12.0 Å². The predicted octanol–water partition coefficient (Wildman–Crippen LogP) is 3.58. The predicted molar refractivity (Wildman–Crippen MR) is 92.1 cm³/mol. The average molecular weight is 327 g/mol. The molecule has 0 aromatic heterocycles. The molecule has 1 aliphatic heterocycles. The summed E-state index contributed by atoms with van der Waals surface area (Å²) in [7, 11) is 3.30. The van der Waals surface area contributed by atoms with Gasteiger partial charge in [0.05, 0.1) is 20.3 Å². The molecule has 2 bridgehead atoms. The number of carbonyl (C=O) groups is 1. The molecule has 2 fully saturated rings. The van der Waals surface area contributed by atoms with E-state index in [9.17, 15) is 4.79 Å². The highest BCUT2D eigenvalue weighted by atomic mass is 16.5. The van der Waals surface area contributed by atoms with Gasteiger partial charge in [0, 0.05) is 12.5 Å². The van der Waals surface area contributed by atoms with Crippen molar-refractivity contribution in [2.75, 3.05) is 20.8 Å². The molecule has 1 aromatic rings. The molecular formula is C20H25NO3. The zero-order chi connectivity index (χ0) is 16.7. The van der Waals surface area contributed by atoms with Crippen molar-refractivity contribution < 1.29 is 14.3 Å². The Morgan fingerprint density at radius 2 is 1.96 bits per heavy atom. The summed E-state index contributed by atoms with van der Waals surface area (Å²) in [6.45, 7) is 0.870. The molecule has 4 heteroatoms. The topological polar surface area (TPSA) is 38.8 Å². The van der Waals surface area contributed by atoms with E-state index in [1.54, 1.807) is 14.2 Å². The van der Waals surface area contributed by atoms with Gasteiger partial charge in [-0.2, -0.15) is 0 Å². The molecule has 1 amide bonds. The van der Waals surface area contributed by atoms with Crippen LogP contribution in [0.3, 0.4) is 0 Å². The van der Waals surface area contributed by atoms with E-state index in [4.69, 9.17) is 9.47 Å². The maximum absolute atomic E-state index is 13.1. The van der Waals surface area contributed by atoms with E-state index in [0.717, 1.165) is 42.9 Å². The van der Waals surface area contributed by atoms with Crippen LogP contribution in [0.25, 0.3) is 0 Å². The third-order valence-electron chi connectivity index (χ3n) is 5.92. The van der Waals surface area contributed by atoms with Crippen LogP contribution < -0.4 is 9.47 Å². The molecule has 1 unspecified atom stereocenters. The zero-order valence-electron chi connectivity index (χ0n) is 14.4. The maximum Gasteiger partial charge on any atom is 0.226 e. The van der Waals surface area contributed by atoms with Gasteiger partial charge >= 0.3 is 0 Å². The van der Waals surface area contributed by atoms with Gasteiger partial charge < -0.3 is 14.4 Å². The molecule has 4 nitrogen and oxygen atoms in total. The number of amides is 1. The van der Waals surface area contributed by atoms with Crippen LogP contribution in [-0.4, -0.2) is 31.6 Å². The number of hydrogen-bond donors (Lipinski definition) is 0. The van der Waals surface area contributed by atoms with Gasteiger partial charge in [-0.25, -0.2) is 0 Å². The minimum absolute atomic E-state index is 0.167. The number of carbonyl (C=O) groups excluding carboxylic acids is 1. The summed E-state index contributed by atoms with van der Waals surface area (Å²) >= 11 is 0. The van der Waals surface area contributed by atoms with Gasteiger partial charge in [-0.15, -0.1) is 0 Å². The number of rotatable bonds is 4. The van der Waals surface area contributed by atoms with Crippen molar-refractivity contribution in [1.29, 1.82) is 0 Å². The highest BCUT2D eigenvalue weighted by Crippen LogP contribution is 2.46. The monoisotopic (exact) mass is 327 g/mol. The van der Waals surface area contributed by atoms with Gasteiger partial charge in [0.25, 0.3) is 0 Å². The fourth-order valence-electron chi connectivity index (χ4n) is 4.71. The van der Waals surface area contributed by atoms with E-state index < -0.39 is 0 Å². The Bertz CT molecular complexity index is 669. The molecule has 1 saturated carbocycles. The smallest absolute Gasteiger partial charge is 0.226 e. The summed E-state index contributed by atoms with van der Waals surface area (Å²) in [5.41, 5.74) is 1.15. The number of methoxy groups -OCH3 is 2. The molecule has 2 aliphatic carbocycles. The van der Waals surface area contributed by atoms with Crippen LogP contribution in [0.15, 0.2) is 30.4 Å². The van der Waals surface area contributed by atoms with Crippen LogP contribution in [0, 0.1) is 17.8 Å². The van der Waals surface area contributed by atoms with E-state index in [1.807, 2.05) is 12.1 Å². The summed E-state index contributed by atoms with van der Waals surface area (Å²) in [5.74, 6) is 3.11. The Morgan fingerprint density at radius 3 is 2.62 bits per heavy atom. The summed E-state index contributed by atoms with van der Waals surface area (Å²) in [6.07, 6.45) is 8.86. The number of allylic oxidation sites excluding steroid dienone is 2. The Labute approximate surface area is 143 Å². The van der Waals surface area contributed by atoms with Crippen molar-refractivity contribution in [2.24, 2.45) is 17.8 Å². The normalized spacial score (nSPS) is 30.8. The zero-order valence-corrected chi connectivity index (χ0v) is 14.4. The third-order valence-corrected chi connectivity index (χ3v) is 5.92. The van der Waals surface area contributed by atoms with Crippen LogP contribution >= 0.6 is 0 Å². The number of fused-ring (bicyclic) bond motifs is 2. The summed E-state index contributed by atoms with van der Waals surface area (Å²) in [4.78, 5) is 15.2. The second-order valence-electron chi connectivity index (χ2n) is 7.19. The first-order chi connectivity index (χ1) is 11.7. The van der Waals surface area contributed by atoms with Crippen molar-refractivity contribution in [1.82, 2.24) is 4.90 Å². The number of likely N-dealkylation sites (tertiary alicyclic amines) is 1. The van der Waals surface area contributed by atoms with Gasteiger partial charge in [0.1, 0.15) is 0 Å². The van der Waals surface area contributed by atoms with Gasteiger partial charge in [-0.3, -0.25) is 4.79 Å². The standard InChI is InChI=1S/C20H25NO3/c1-23-18-8-7-15(12-19(18)24-2)17-4-3-9-21(17)20(22)16-11-13-5-6-14(16)10-13/h5-8,12-14,16-17H,3-4,9-11H2,1-2H3/t13-,14+,16-,17?/m1/s1. The lowest BCUT2D eigenvalue weighted by Crippen LogP contribution is -2.37. The molecule has 4 rings (SSSR count). The fourth-order valence-corrected chi connectivity index (χ4v) is 4.71. The first kappa shape index (κ1) is 15.6. The quantitative estimate of drug-likeness (QED) is 0.794. The van der Waals surface area contributed by atoms with E-state index in [1.165, 1.54) is 6.42 Å². The number of nitrogens with zero attached hydrogens (tertiary/aromatic N) is 1. The second kappa shape index (κ2) is 6.15. The molecule has 1 saturated heterocycles. The molecule has 0 N–H and O–H groups in total. The molecule has 1 heterocycles. The largest absolute Gasteiger partial charge is 0.493 e. The van der Waals surface area contributed by atoms with Crippen LogP contribution in [0.4, 0.5) is 0 Å². The lowest BCUT2D eigenvalue weighted by Gasteiger charge is -2.30. The molecule has 0 spiro atoms. The molecule has 1 aromatic carbocycles. The van der Waals surface area contributed by atoms with E-state index in [2.05, 4.69) is 23.1 Å². The third kappa shape index (κ3) is 2.48. The first-order valence-corrected chi connectivity index (χ1v) is 8.92. The van der Waals surface area contributed by atoms with Crippen molar-refractivity contribution in [3.63, 3.8) is 0 Å². The van der Waals surface area contributed by atoms with Crippen LogP contribution in [0.2, 0.25) is 0 Å². The summed E-state index contributed by atoms with van der Waals surface area (Å²) in [5, 5.41) is 0. The Balaban J connectivity index is 1.56. The van der Waals surface area contributed by atoms with Crippen LogP contribution in [0.1, 0.15) is 37.3 Å². The lowest BCUT2D eigenvalue weighted by molar-refractivity contribution is -0.137. The Morgan fingerprint density at radius 1 is 1.12 bits per heavy atom.